The van der Waals surface area contributed by atoms with Gasteiger partial charge in [-0.1, -0.05) is 6.07 Å². The lowest BCUT2D eigenvalue weighted by Gasteiger charge is -2.45. The zero-order chi connectivity index (χ0) is 34.1. The molecule has 1 aromatic rings. The first-order valence-corrected chi connectivity index (χ1v) is 15.0. The molecule has 2 aliphatic rings. The molecule has 45 heavy (non-hydrogen) atoms. The average molecular weight is 637 g/mol. The van der Waals surface area contributed by atoms with Crippen LogP contribution < -0.4 is 9.47 Å². The van der Waals surface area contributed by atoms with Crippen LogP contribution in [0.15, 0.2) is 18.2 Å². The minimum Gasteiger partial charge on any atom is -0.467 e. The molecule has 0 bridgehead atoms. The van der Waals surface area contributed by atoms with Crippen LogP contribution in [0.1, 0.15) is 81.7 Å². The molecule has 0 radical (unpaired) electrons. The van der Waals surface area contributed by atoms with Crippen molar-refractivity contribution in [3.05, 3.63) is 23.8 Å². The van der Waals surface area contributed by atoms with Crippen molar-refractivity contribution in [3.8, 4) is 11.5 Å². The molecule has 2 heterocycles. The smallest absolute Gasteiger partial charge is 0.339 e. The molecular weight excluding hydrogens is 588 g/mol. The molecule has 0 unspecified atom stereocenters. The van der Waals surface area contributed by atoms with Gasteiger partial charge in [0.05, 0.1) is 30.0 Å². The van der Waals surface area contributed by atoms with E-state index in [1.807, 2.05) is 26.0 Å². The molecule has 1 aromatic carbocycles. The van der Waals surface area contributed by atoms with Crippen molar-refractivity contribution in [1.29, 1.82) is 0 Å². The molecule has 12 nitrogen and oxygen atoms in total. The second-order valence-corrected chi connectivity index (χ2v) is 14.8. The summed E-state index contributed by atoms with van der Waals surface area (Å²) in [6.45, 7) is 18.4. The lowest BCUT2D eigenvalue weighted by atomic mass is 9.93. The molecule has 0 aliphatic carbocycles. The second kappa shape index (κ2) is 13.2. The molecule has 1 fully saturated rings. The largest absolute Gasteiger partial charge is 0.467 e. The van der Waals surface area contributed by atoms with Crippen molar-refractivity contribution >= 4 is 23.9 Å². The van der Waals surface area contributed by atoms with Gasteiger partial charge in [0.25, 0.3) is 0 Å². The van der Waals surface area contributed by atoms with Gasteiger partial charge in [-0.2, -0.15) is 0 Å². The Morgan fingerprint density at radius 3 is 1.73 bits per heavy atom. The first kappa shape index (κ1) is 36.1. The molecule has 0 spiro atoms. The highest BCUT2D eigenvalue weighted by molar-refractivity contribution is 5.80. The number of rotatable bonds is 8. The maximum absolute atomic E-state index is 13.3. The van der Waals surface area contributed by atoms with Gasteiger partial charge in [-0.05, 0) is 86.4 Å². The zero-order valence-corrected chi connectivity index (χ0v) is 28.4. The molecule has 3 rings (SSSR count). The highest BCUT2D eigenvalue weighted by atomic mass is 16.7. The SMILES string of the molecule is COC(=O)[C@H]1O[C@@H](OCCc2ccc3c(c2)OC(C)(C)O3)[C@H](OC(=O)C(C)(C)C)[C@@H](OC(=O)C(C)(C)C)[C@@H]1OC(=O)C(C)(C)C. The summed E-state index contributed by atoms with van der Waals surface area (Å²) in [7, 11) is 1.15. The molecule has 0 saturated carbocycles. The van der Waals surface area contributed by atoms with Crippen LogP contribution in [0, 0.1) is 16.2 Å². The van der Waals surface area contributed by atoms with Crippen molar-refractivity contribution < 1.29 is 57.1 Å². The number of fused-ring (bicyclic) bond motifs is 1. The summed E-state index contributed by atoms with van der Waals surface area (Å²) in [5.41, 5.74) is -2.11. The molecular formula is C33H48O12. The van der Waals surface area contributed by atoms with Crippen molar-refractivity contribution in [3.63, 3.8) is 0 Å². The van der Waals surface area contributed by atoms with E-state index in [0.717, 1.165) is 12.7 Å². The van der Waals surface area contributed by atoms with Gasteiger partial charge in [0.15, 0.2) is 42.2 Å². The Bertz CT molecular complexity index is 1260. The molecule has 0 N–H and O–H groups in total. The van der Waals surface area contributed by atoms with E-state index in [2.05, 4.69) is 0 Å². The van der Waals surface area contributed by atoms with Crippen LogP contribution in [0.4, 0.5) is 0 Å². The number of hydrogen-bond donors (Lipinski definition) is 0. The van der Waals surface area contributed by atoms with E-state index < -0.39 is 76.6 Å². The molecule has 0 aromatic heterocycles. The fraction of sp³-hybridized carbons (Fsp3) is 0.697. The molecule has 12 heteroatoms. The van der Waals surface area contributed by atoms with Crippen LogP contribution in [-0.4, -0.2) is 74.1 Å². The van der Waals surface area contributed by atoms with Crippen molar-refractivity contribution in [2.24, 2.45) is 16.2 Å². The van der Waals surface area contributed by atoms with Crippen LogP contribution in [0.2, 0.25) is 0 Å². The summed E-state index contributed by atoms with van der Waals surface area (Å²) in [6.07, 6.45) is -7.03. The summed E-state index contributed by atoms with van der Waals surface area (Å²) < 4.78 is 46.3. The van der Waals surface area contributed by atoms with Crippen molar-refractivity contribution in [2.75, 3.05) is 13.7 Å². The number of benzene rings is 1. The Balaban J connectivity index is 1.99. The molecule has 5 atom stereocenters. The molecule has 1 saturated heterocycles. The van der Waals surface area contributed by atoms with Gasteiger partial charge in [-0.15, -0.1) is 0 Å². The number of carbonyl (C=O) groups excluding carboxylic acids is 4. The van der Waals surface area contributed by atoms with Crippen LogP contribution >= 0.6 is 0 Å². The summed E-state index contributed by atoms with van der Waals surface area (Å²) in [5.74, 6) is -2.51. The van der Waals surface area contributed by atoms with E-state index in [1.54, 1.807) is 68.4 Å². The Hall–Kier alpha value is -3.38. The van der Waals surface area contributed by atoms with Crippen LogP contribution in [-0.2, 0) is 54.0 Å². The van der Waals surface area contributed by atoms with E-state index in [-0.39, 0.29) is 6.61 Å². The predicted octanol–water partition coefficient (Wildman–Crippen LogP) is 4.52. The molecule has 0 amide bonds. The minimum atomic E-state index is -1.57. The third-order valence-electron chi connectivity index (χ3n) is 6.89. The Kier molecular flexibility index (Phi) is 10.6. The van der Waals surface area contributed by atoms with E-state index in [9.17, 15) is 19.2 Å². The summed E-state index contributed by atoms with van der Waals surface area (Å²) in [5, 5.41) is 0. The lowest BCUT2D eigenvalue weighted by molar-refractivity contribution is -0.305. The Labute approximate surface area is 265 Å². The number of esters is 4. The van der Waals surface area contributed by atoms with Gasteiger partial charge < -0.3 is 37.9 Å². The zero-order valence-electron chi connectivity index (χ0n) is 28.4. The van der Waals surface area contributed by atoms with Gasteiger partial charge in [-0.25, -0.2) is 4.79 Å². The van der Waals surface area contributed by atoms with Gasteiger partial charge in [-0.3, -0.25) is 14.4 Å². The standard InChI is InChI=1S/C33H48O12/c1-30(2,3)27(35)41-21-22(42-28(36)31(4,5)6)24(43-29(37)32(7,8)9)26(40-23(21)25(34)38-12)39-16-15-18-13-14-19-20(17-18)45-33(10,11)44-19/h13-14,17,21-24,26H,15-16H2,1-12H3/t21-,22-,23-,24+,26+/m0/s1. The van der Waals surface area contributed by atoms with Crippen LogP contribution in [0.3, 0.4) is 0 Å². The normalized spacial score (nSPS) is 24.4. The van der Waals surface area contributed by atoms with Crippen LogP contribution in [0.25, 0.3) is 0 Å². The third kappa shape index (κ3) is 9.09. The molecule has 252 valence electrons. The topological polar surface area (TPSA) is 142 Å². The molecule has 2 aliphatic heterocycles. The monoisotopic (exact) mass is 636 g/mol. The highest BCUT2D eigenvalue weighted by Crippen LogP contribution is 2.40. The van der Waals surface area contributed by atoms with Crippen molar-refractivity contribution in [1.82, 2.24) is 0 Å². The summed E-state index contributed by atoms with van der Waals surface area (Å²) in [6, 6.07) is 5.49. The first-order chi connectivity index (χ1) is 20.5. The van der Waals surface area contributed by atoms with E-state index in [1.165, 1.54) is 0 Å². The average Bonchev–Trinajstić information content (AvgIpc) is 3.21. The van der Waals surface area contributed by atoms with E-state index in [0.29, 0.717) is 17.9 Å². The first-order valence-electron chi connectivity index (χ1n) is 15.0. The summed E-state index contributed by atoms with van der Waals surface area (Å²) >= 11 is 0. The number of methoxy groups -OCH3 is 1. The van der Waals surface area contributed by atoms with E-state index >= 15 is 0 Å². The fourth-order valence-electron chi connectivity index (χ4n) is 4.26. The van der Waals surface area contributed by atoms with E-state index in [4.69, 9.17) is 37.9 Å². The number of carbonyl (C=O) groups is 4. The van der Waals surface area contributed by atoms with Crippen molar-refractivity contribution in [2.45, 2.75) is 119 Å². The highest BCUT2D eigenvalue weighted by Gasteiger charge is 2.57. The Morgan fingerprint density at radius 2 is 1.22 bits per heavy atom. The maximum atomic E-state index is 13.3. The fourth-order valence-corrected chi connectivity index (χ4v) is 4.26. The predicted molar refractivity (Wildman–Crippen MR) is 160 cm³/mol. The number of hydrogen-bond acceptors (Lipinski definition) is 12. The van der Waals surface area contributed by atoms with Gasteiger partial charge in [0.1, 0.15) is 0 Å². The minimum absolute atomic E-state index is 0.0392. The number of ether oxygens (including phenoxy) is 8. The Morgan fingerprint density at radius 1 is 0.733 bits per heavy atom. The lowest BCUT2D eigenvalue weighted by Crippen LogP contribution is -2.65. The quantitative estimate of drug-likeness (QED) is 0.292. The second-order valence-electron chi connectivity index (χ2n) is 14.8. The summed E-state index contributed by atoms with van der Waals surface area (Å²) in [4.78, 5) is 52.6. The maximum Gasteiger partial charge on any atom is 0.339 e. The van der Waals surface area contributed by atoms with Crippen LogP contribution in [0.5, 0.6) is 11.5 Å². The van der Waals surface area contributed by atoms with Gasteiger partial charge >= 0.3 is 23.9 Å². The van der Waals surface area contributed by atoms with Gasteiger partial charge in [0.2, 0.25) is 5.79 Å². The van der Waals surface area contributed by atoms with Gasteiger partial charge in [0, 0.05) is 13.8 Å². The third-order valence-corrected chi connectivity index (χ3v) is 6.89.